The van der Waals surface area contributed by atoms with Crippen LogP contribution >= 0.6 is 0 Å². The van der Waals surface area contributed by atoms with E-state index in [2.05, 4.69) is 4.72 Å². The van der Waals surface area contributed by atoms with Crippen LogP contribution in [-0.4, -0.2) is 8.42 Å². The Bertz CT molecular complexity index is 929. The average molecular weight is 311 g/mol. The van der Waals surface area contributed by atoms with Crippen LogP contribution in [0.5, 0.6) is 0 Å². The molecule has 0 saturated heterocycles. The number of nitrogens with one attached hydrogen (secondary N) is 1. The first-order valence-corrected chi connectivity index (χ1v) is 8.53. The smallest absolute Gasteiger partial charge is 0.261 e. The fourth-order valence-electron chi connectivity index (χ4n) is 2.42. The largest absolute Gasteiger partial charge is 0.280 e. The molecule has 0 spiro atoms. The van der Waals surface area contributed by atoms with Crippen molar-refractivity contribution in [2.45, 2.75) is 18.7 Å². The average Bonchev–Trinajstić information content (AvgIpc) is 2.48. The Hall–Kier alpha value is -2.33. The molecule has 0 aliphatic rings. The zero-order valence-corrected chi connectivity index (χ0v) is 13.3. The lowest BCUT2D eigenvalue weighted by Gasteiger charge is -2.10. The van der Waals surface area contributed by atoms with Crippen molar-refractivity contribution in [3.63, 3.8) is 0 Å². The first-order chi connectivity index (χ1) is 10.5. The van der Waals surface area contributed by atoms with E-state index in [-0.39, 0.29) is 4.90 Å². The molecule has 0 fully saturated rings. The van der Waals surface area contributed by atoms with Crippen molar-refractivity contribution in [2.24, 2.45) is 0 Å². The van der Waals surface area contributed by atoms with Crippen LogP contribution in [0.3, 0.4) is 0 Å². The molecular formula is C18H17NO2S. The Morgan fingerprint density at radius 2 is 1.59 bits per heavy atom. The van der Waals surface area contributed by atoms with E-state index in [9.17, 15) is 8.42 Å². The van der Waals surface area contributed by atoms with E-state index in [0.29, 0.717) is 5.69 Å². The van der Waals surface area contributed by atoms with Gasteiger partial charge in [0.25, 0.3) is 10.0 Å². The summed E-state index contributed by atoms with van der Waals surface area (Å²) in [4.78, 5) is 0.267. The highest BCUT2D eigenvalue weighted by Gasteiger charge is 2.14. The molecule has 0 aliphatic carbocycles. The molecule has 0 saturated carbocycles. The standard InChI is InChI=1S/C18H17NO2S/c1-13-6-10-17(11-7-13)22(20,21)19-16-9-8-15-5-3-4-14(2)18(15)12-16/h3-12,19H,1-2H3. The van der Waals surface area contributed by atoms with Crippen LogP contribution in [-0.2, 0) is 10.0 Å². The minimum absolute atomic E-state index is 0.267. The molecule has 0 radical (unpaired) electrons. The van der Waals surface area contributed by atoms with Crippen molar-refractivity contribution in [3.8, 4) is 0 Å². The predicted octanol–water partition coefficient (Wildman–Crippen LogP) is 4.26. The molecular weight excluding hydrogens is 294 g/mol. The molecule has 3 aromatic rings. The molecule has 3 nitrogen and oxygen atoms in total. The van der Waals surface area contributed by atoms with Gasteiger partial charge in [-0.2, -0.15) is 0 Å². The summed E-state index contributed by atoms with van der Waals surface area (Å²) in [5, 5.41) is 2.14. The molecule has 0 heterocycles. The normalized spacial score (nSPS) is 11.5. The number of sulfonamides is 1. The molecule has 0 aromatic heterocycles. The van der Waals surface area contributed by atoms with Crippen molar-refractivity contribution in [1.82, 2.24) is 0 Å². The summed E-state index contributed by atoms with van der Waals surface area (Å²) in [5.74, 6) is 0. The van der Waals surface area contributed by atoms with Gasteiger partial charge in [-0.15, -0.1) is 0 Å². The zero-order chi connectivity index (χ0) is 15.7. The number of aryl methyl sites for hydroxylation is 2. The number of hydrogen-bond acceptors (Lipinski definition) is 2. The third-order valence-electron chi connectivity index (χ3n) is 3.68. The monoisotopic (exact) mass is 311 g/mol. The first-order valence-electron chi connectivity index (χ1n) is 7.04. The van der Waals surface area contributed by atoms with Crippen molar-refractivity contribution < 1.29 is 8.42 Å². The first kappa shape index (κ1) is 14.6. The van der Waals surface area contributed by atoms with Gasteiger partial charge in [0, 0.05) is 5.69 Å². The maximum atomic E-state index is 12.4. The predicted molar refractivity (Wildman–Crippen MR) is 90.7 cm³/mol. The Morgan fingerprint density at radius 3 is 2.32 bits per heavy atom. The van der Waals surface area contributed by atoms with Crippen LogP contribution in [0.4, 0.5) is 5.69 Å². The van der Waals surface area contributed by atoms with Gasteiger partial charge in [-0.3, -0.25) is 4.72 Å². The molecule has 0 atom stereocenters. The summed E-state index contributed by atoms with van der Waals surface area (Å²) in [7, 11) is -3.56. The van der Waals surface area contributed by atoms with E-state index in [4.69, 9.17) is 0 Å². The summed E-state index contributed by atoms with van der Waals surface area (Å²) < 4.78 is 27.5. The lowest BCUT2D eigenvalue weighted by molar-refractivity contribution is 0.601. The lowest BCUT2D eigenvalue weighted by atomic mass is 10.1. The second-order valence-electron chi connectivity index (χ2n) is 5.43. The highest BCUT2D eigenvalue weighted by Crippen LogP contribution is 2.24. The molecule has 22 heavy (non-hydrogen) atoms. The zero-order valence-electron chi connectivity index (χ0n) is 12.5. The Labute approximate surface area is 130 Å². The van der Waals surface area contributed by atoms with Gasteiger partial charge < -0.3 is 0 Å². The van der Waals surface area contributed by atoms with Gasteiger partial charge in [0.15, 0.2) is 0 Å². The molecule has 0 amide bonds. The maximum absolute atomic E-state index is 12.4. The second-order valence-corrected chi connectivity index (χ2v) is 7.11. The molecule has 1 N–H and O–H groups in total. The van der Waals surface area contributed by atoms with Gasteiger partial charge in [-0.25, -0.2) is 8.42 Å². The van der Waals surface area contributed by atoms with E-state index in [1.54, 1.807) is 30.3 Å². The van der Waals surface area contributed by atoms with Gasteiger partial charge in [-0.05, 0) is 54.4 Å². The summed E-state index contributed by atoms with van der Waals surface area (Å²) in [5.41, 5.74) is 2.72. The van der Waals surface area contributed by atoms with Crippen molar-refractivity contribution in [2.75, 3.05) is 4.72 Å². The van der Waals surface area contributed by atoms with E-state index < -0.39 is 10.0 Å². The Morgan fingerprint density at radius 1 is 0.864 bits per heavy atom. The quantitative estimate of drug-likeness (QED) is 0.785. The van der Waals surface area contributed by atoms with Gasteiger partial charge in [0.1, 0.15) is 0 Å². The summed E-state index contributed by atoms with van der Waals surface area (Å²) >= 11 is 0. The summed E-state index contributed by atoms with van der Waals surface area (Å²) in [6.45, 7) is 3.94. The molecule has 112 valence electrons. The van der Waals surface area contributed by atoms with Crippen molar-refractivity contribution in [1.29, 1.82) is 0 Å². The minimum Gasteiger partial charge on any atom is -0.280 e. The van der Waals surface area contributed by atoms with Gasteiger partial charge >= 0.3 is 0 Å². The van der Waals surface area contributed by atoms with Crippen LogP contribution in [0.1, 0.15) is 11.1 Å². The topological polar surface area (TPSA) is 46.2 Å². The number of anilines is 1. The number of fused-ring (bicyclic) bond motifs is 1. The summed E-state index contributed by atoms with van der Waals surface area (Å²) in [6.07, 6.45) is 0. The number of benzene rings is 3. The van der Waals surface area contributed by atoms with E-state index in [1.807, 2.05) is 44.2 Å². The highest BCUT2D eigenvalue weighted by molar-refractivity contribution is 7.92. The fraction of sp³-hybridized carbons (Fsp3) is 0.111. The summed E-state index contributed by atoms with van der Waals surface area (Å²) in [6, 6.07) is 18.4. The second kappa shape index (κ2) is 5.46. The van der Waals surface area contributed by atoms with E-state index >= 15 is 0 Å². The van der Waals surface area contributed by atoms with Gasteiger partial charge in [-0.1, -0.05) is 42.0 Å². The molecule has 3 aromatic carbocycles. The van der Waals surface area contributed by atoms with Gasteiger partial charge in [0.2, 0.25) is 0 Å². The van der Waals surface area contributed by atoms with E-state index in [1.165, 1.54) is 0 Å². The number of hydrogen-bond donors (Lipinski definition) is 1. The third kappa shape index (κ3) is 2.83. The lowest BCUT2D eigenvalue weighted by Crippen LogP contribution is -2.12. The highest BCUT2D eigenvalue weighted by atomic mass is 32.2. The molecule has 3 rings (SSSR count). The van der Waals surface area contributed by atoms with Crippen LogP contribution in [0.15, 0.2) is 65.6 Å². The molecule has 4 heteroatoms. The maximum Gasteiger partial charge on any atom is 0.261 e. The minimum atomic E-state index is -3.56. The molecule has 0 aliphatic heterocycles. The Kier molecular flexibility index (Phi) is 3.62. The molecule has 0 bridgehead atoms. The Balaban J connectivity index is 1.98. The van der Waals surface area contributed by atoms with Crippen molar-refractivity contribution >= 4 is 26.5 Å². The third-order valence-corrected chi connectivity index (χ3v) is 5.08. The van der Waals surface area contributed by atoms with Crippen molar-refractivity contribution in [3.05, 3.63) is 71.8 Å². The van der Waals surface area contributed by atoms with E-state index in [0.717, 1.165) is 21.9 Å². The van der Waals surface area contributed by atoms with Gasteiger partial charge in [0.05, 0.1) is 4.90 Å². The SMILES string of the molecule is Cc1ccc(S(=O)(=O)Nc2ccc3cccc(C)c3c2)cc1. The van der Waals surface area contributed by atoms with Crippen LogP contribution in [0, 0.1) is 13.8 Å². The number of rotatable bonds is 3. The van der Waals surface area contributed by atoms with Crippen LogP contribution < -0.4 is 4.72 Å². The molecule has 0 unspecified atom stereocenters. The van der Waals surface area contributed by atoms with Crippen LogP contribution in [0.25, 0.3) is 10.8 Å². The fourth-order valence-corrected chi connectivity index (χ4v) is 3.47. The van der Waals surface area contributed by atoms with Crippen LogP contribution in [0.2, 0.25) is 0 Å².